The van der Waals surface area contributed by atoms with Crippen LogP contribution >= 0.6 is 0 Å². The van der Waals surface area contributed by atoms with Gasteiger partial charge in [0.25, 0.3) is 0 Å². The van der Waals surface area contributed by atoms with Crippen LogP contribution in [0.15, 0.2) is 6.07 Å². The molecule has 68 valence electrons. The Labute approximate surface area is 73.6 Å². The van der Waals surface area contributed by atoms with Crippen LogP contribution in [-0.4, -0.2) is 9.78 Å². The van der Waals surface area contributed by atoms with E-state index in [1.807, 2.05) is 17.8 Å². The summed E-state index contributed by atoms with van der Waals surface area (Å²) in [5, 5.41) is 4.08. The van der Waals surface area contributed by atoms with E-state index in [-0.39, 0.29) is 0 Å². The summed E-state index contributed by atoms with van der Waals surface area (Å²) in [7, 11) is 1.94. The SMILES string of the molecule is CCCCCc1cc(N)nn1C. The molecule has 1 aromatic rings. The third-order valence-electron chi connectivity index (χ3n) is 2.03. The molecule has 0 aliphatic carbocycles. The Bertz CT molecular complexity index is 240. The molecule has 0 saturated heterocycles. The van der Waals surface area contributed by atoms with E-state index in [0.29, 0.717) is 5.82 Å². The molecule has 0 atom stereocenters. The Kier molecular flexibility index (Phi) is 3.14. The molecule has 0 radical (unpaired) electrons. The number of aromatic nitrogens is 2. The average molecular weight is 167 g/mol. The van der Waals surface area contributed by atoms with E-state index in [1.165, 1.54) is 25.0 Å². The lowest BCUT2D eigenvalue weighted by atomic mass is 10.1. The van der Waals surface area contributed by atoms with Crippen LogP contribution in [-0.2, 0) is 13.5 Å². The van der Waals surface area contributed by atoms with E-state index in [9.17, 15) is 0 Å². The summed E-state index contributed by atoms with van der Waals surface area (Å²) < 4.78 is 1.87. The van der Waals surface area contributed by atoms with Crippen molar-refractivity contribution in [1.29, 1.82) is 0 Å². The fourth-order valence-corrected chi connectivity index (χ4v) is 1.32. The molecule has 3 nitrogen and oxygen atoms in total. The van der Waals surface area contributed by atoms with Crippen LogP contribution in [0.1, 0.15) is 31.9 Å². The highest BCUT2D eigenvalue weighted by molar-refractivity contribution is 5.29. The molecule has 1 aromatic heterocycles. The second-order valence-electron chi connectivity index (χ2n) is 3.14. The first-order valence-electron chi connectivity index (χ1n) is 4.52. The minimum absolute atomic E-state index is 0.629. The summed E-state index contributed by atoms with van der Waals surface area (Å²) in [4.78, 5) is 0. The fourth-order valence-electron chi connectivity index (χ4n) is 1.32. The first-order valence-corrected chi connectivity index (χ1v) is 4.52. The summed E-state index contributed by atoms with van der Waals surface area (Å²) in [6, 6.07) is 1.95. The Hall–Kier alpha value is -0.990. The topological polar surface area (TPSA) is 43.8 Å². The first-order chi connectivity index (χ1) is 5.74. The Morgan fingerprint density at radius 3 is 2.75 bits per heavy atom. The van der Waals surface area contributed by atoms with Crippen LogP contribution < -0.4 is 5.73 Å². The van der Waals surface area contributed by atoms with Gasteiger partial charge in [-0.05, 0) is 12.8 Å². The number of hydrogen-bond donors (Lipinski definition) is 1. The molecule has 0 saturated carbocycles. The lowest BCUT2D eigenvalue weighted by Crippen LogP contribution is -1.98. The molecule has 0 unspecified atom stereocenters. The number of nitrogens with two attached hydrogens (primary N) is 1. The third-order valence-corrected chi connectivity index (χ3v) is 2.03. The molecule has 0 bridgehead atoms. The van der Waals surface area contributed by atoms with Crippen molar-refractivity contribution in [2.75, 3.05) is 5.73 Å². The second-order valence-corrected chi connectivity index (χ2v) is 3.14. The van der Waals surface area contributed by atoms with Gasteiger partial charge in [0, 0.05) is 18.8 Å². The molecule has 0 amide bonds. The molecule has 1 heterocycles. The van der Waals surface area contributed by atoms with E-state index in [1.54, 1.807) is 0 Å². The van der Waals surface area contributed by atoms with Gasteiger partial charge in [0.1, 0.15) is 5.82 Å². The lowest BCUT2D eigenvalue weighted by molar-refractivity contribution is 0.654. The predicted molar refractivity (Wildman–Crippen MR) is 50.8 cm³/mol. The summed E-state index contributed by atoms with van der Waals surface area (Å²) in [5.74, 6) is 0.629. The van der Waals surface area contributed by atoms with Crippen molar-refractivity contribution in [3.05, 3.63) is 11.8 Å². The van der Waals surface area contributed by atoms with Gasteiger partial charge in [-0.1, -0.05) is 19.8 Å². The largest absolute Gasteiger partial charge is 0.382 e. The summed E-state index contributed by atoms with van der Waals surface area (Å²) in [6.45, 7) is 2.21. The molecule has 0 aliphatic rings. The average Bonchev–Trinajstić information content (AvgIpc) is 2.31. The van der Waals surface area contributed by atoms with Crippen molar-refractivity contribution >= 4 is 5.82 Å². The number of hydrogen-bond acceptors (Lipinski definition) is 2. The van der Waals surface area contributed by atoms with Gasteiger partial charge < -0.3 is 5.73 Å². The minimum Gasteiger partial charge on any atom is -0.382 e. The van der Waals surface area contributed by atoms with Crippen molar-refractivity contribution < 1.29 is 0 Å². The maximum Gasteiger partial charge on any atom is 0.145 e. The molecular weight excluding hydrogens is 150 g/mol. The molecular formula is C9H17N3. The van der Waals surface area contributed by atoms with Crippen LogP contribution in [0.4, 0.5) is 5.82 Å². The van der Waals surface area contributed by atoms with E-state index in [2.05, 4.69) is 12.0 Å². The van der Waals surface area contributed by atoms with E-state index in [0.717, 1.165) is 6.42 Å². The van der Waals surface area contributed by atoms with Crippen molar-refractivity contribution in [2.24, 2.45) is 7.05 Å². The van der Waals surface area contributed by atoms with Gasteiger partial charge >= 0.3 is 0 Å². The van der Waals surface area contributed by atoms with Gasteiger partial charge in [0.15, 0.2) is 0 Å². The molecule has 2 N–H and O–H groups in total. The maximum absolute atomic E-state index is 5.55. The molecule has 3 heteroatoms. The zero-order chi connectivity index (χ0) is 8.97. The molecule has 12 heavy (non-hydrogen) atoms. The molecule has 0 spiro atoms. The highest BCUT2D eigenvalue weighted by atomic mass is 15.3. The number of anilines is 1. The third kappa shape index (κ3) is 2.26. The van der Waals surface area contributed by atoms with Crippen LogP contribution in [0.3, 0.4) is 0 Å². The fraction of sp³-hybridized carbons (Fsp3) is 0.667. The van der Waals surface area contributed by atoms with Gasteiger partial charge in [0.2, 0.25) is 0 Å². The molecule has 0 fully saturated rings. The van der Waals surface area contributed by atoms with Gasteiger partial charge in [0.05, 0.1) is 0 Å². The van der Waals surface area contributed by atoms with E-state index in [4.69, 9.17) is 5.73 Å². The second kappa shape index (κ2) is 4.14. The standard InChI is InChI=1S/C9H17N3/c1-3-4-5-6-8-7-9(10)11-12(8)2/h7H,3-6H2,1-2H3,(H2,10,11). The zero-order valence-corrected chi connectivity index (χ0v) is 7.88. The van der Waals surface area contributed by atoms with Gasteiger partial charge in [-0.3, -0.25) is 4.68 Å². The number of rotatable bonds is 4. The first kappa shape index (κ1) is 9.10. The normalized spacial score (nSPS) is 10.5. The van der Waals surface area contributed by atoms with Crippen molar-refractivity contribution in [2.45, 2.75) is 32.6 Å². The molecule has 0 aliphatic heterocycles. The summed E-state index contributed by atoms with van der Waals surface area (Å²) in [6.07, 6.45) is 4.86. The van der Waals surface area contributed by atoms with Crippen molar-refractivity contribution in [3.8, 4) is 0 Å². The smallest absolute Gasteiger partial charge is 0.145 e. The maximum atomic E-state index is 5.55. The van der Waals surface area contributed by atoms with E-state index < -0.39 is 0 Å². The monoisotopic (exact) mass is 167 g/mol. The highest BCUT2D eigenvalue weighted by Crippen LogP contribution is 2.08. The Morgan fingerprint density at radius 2 is 2.25 bits per heavy atom. The summed E-state index contributed by atoms with van der Waals surface area (Å²) in [5.41, 5.74) is 6.79. The Morgan fingerprint density at radius 1 is 1.50 bits per heavy atom. The number of nitrogen functional groups attached to an aromatic ring is 1. The van der Waals surface area contributed by atoms with Crippen LogP contribution in [0.2, 0.25) is 0 Å². The highest BCUT2D eigenvalue weighted by Gasteiger charge is 2.00. The van der Waals surface area contributed by atoms with Gasteiger partial charge in [-0.15, -0.1) is 0 Å². The van der Waals surface area contributed by atoms with Crippen molar-refractivity contribution in [3.63, 3.8) is 0 Å². The van der Waals surface area contributed by atoms with Crippen LogP contribution in [0.25, 0.3) is 0 Å². The van der Waals surface area contributed by atoms with Crippen LogP contribution in [0.5, 0.6) is 0 Å². The van der Waals surface area contributed by atoms with Crippen molar-refractivity contribution in [1.82, 2.24) is 9.78 Å². The minimum atomic E-state index is 0.629. The zero-order valence-electron chi connectivity index (χ0n) is 7.88. The predicted octanol–water partition coefficient (Wildman–Crippen LogP) is 1.74. The Balaban J connectivity index is 2.45. The van der Waals surface area contributed by atoms with Crippen LogP contribution in [0, 0.1) is 0 Å². The lowest BCUT2D eigenvalue weighted by Gasteiger charge is -1.99. The summed E-state index contributed by atoms with van der Waals surface area (Å²) >= 11 is 0. The van der Waals surface area contributed by atoms with E-state index >= 15 is 0 Å². The van der Waals surface area contributed by atoms with Gasteiger partial charge in [-0.2, -0.15) is 5.10 Å². The number of aryl methyl sites for hydroxylation is 2. The van der Waals surface area contributed by atoms with Gasteiger partial charge in [-0.25, -0.2) is 0 Å². The number of nitrogens with zero attached hydrogens (tertiary/aromatic N) is 2. The quantitative estimate of drug-likeness (QED) is 0.694. The number of unbranched alkanes of at least 4 members (excludes halogenated alkanes) is 2. The molecule has 0 aromatic carbocycles. The molecule has 1 rings (SSSR count).